The second-order valence-corrected chi connectivity index (χ2v) is 7.17. The molecule has 3 rings (SSSR count). The van der Waals surface area contributed by atoms with Gasteiger partial charge in [0.05, 0.1) is 41.9 Å². The van der Waals surface area contributed by atoms with E-state index in [4.69, 9.17) is 9.47 Å². The van der Waals surface area contributed by atoms with Crippen LogP contribution in [0.1, 0.15) is 5.56 Å². The van der Waals surface area contributed by atoms with E-state index in [1.165, 1.54) is 38.5 Å². The van der Waals surface area contributed by atoms with Crippen LogP contribution in [0.4, 0.5) is 11.4 Å². The molecule has 1 N–H and O–H groups in total. The number of carbonyl (C=O) groups excluding carboxylic acids is 2. The molecular weight excluding hydrogens is 412 g/mol. The van der Waals surface area contributed by atoms with Crippen LogP contribution in [0.25, 0.3) is 5.57 Å². The number of aliphatic hydroxyl groups excluding tert-OH is 1. The van der Waals surface area contributed by atoms with Gasteiger partial charge in [-0.25, -0.2) is 4.90 Å². The van der Waals surface area contributed by atoms with E-state index in [-0.39, 0.29) is 40.0 Å². The van der Waals surface area contributed by atoms with E-state index in [1.807, 2.05) is 0 Å². The molecule has 0 spiro atoms. The number of nitrogens with zero attached hydrogens (tertiary/aromatic N) is 2. The number of anilines is 1. The molecule has 2 aromatic rings. The topological polar surface area (TPSA) is 119 Å². The molecule has 1 aliphatic heterocycles. The van der Waals surface area contributed by atoms with E-state index in [1.54, 1.807) is 18.2 Å². The maximum absolute atomic E-state index is 13.3. The van der Waals surface area contributed by atoms with Crippen LogP contribution in [-0.4, -0.2) is 48.4 Å². The lowest BCUT2D eigenvalue weighted by Gasteiger charge is -2.19. The standard InChI is InChI=1S/C20H18N2O7S/c1-28-14-7-8-15(16(11-14)29-2)21-19(24)17(18(20(21)25)30-10-9-23)12-3-5-13(6-4-12)22(26)27/h3-8,11,23H,9-10H2,1-2H3. The molecule has 0 aliphatic carbocycles. The van der Waals surface area contributed by atoms with Gasteiger partial charge in [0.1, 0.15) is 11.5 Å². The first kappa shape index (κ1) is 21.3. The highest BCUT2D eigenvalue weighted by Gasteiger charge is 2.41. The van der Waals surface area contributed by atoms with Crippen molar-refractivity contribution in [2.45, 2.75) is 0 Å². The van der Waals surface area contributed by atoms with Crippen molar-refractivity contribution in [3.05, 3.63) is 63.0 Å². The average Bonchev–Trinajstić information content (AvgIpc) is 3.00. The van der Waals surface area contributed by atoms with Crippen molar-refractivity contribution in [3.8, 4) is 11.5 Å². The summed E-state index contributed by atoms with van der Waals surface area (Å²) < 4.78 is 10.5. The van der Waals surface area contributed by atoms with Crippen LogP contribution in [0.3, 0.4) is 0 Å². The Labute approximate surface area is 176 Å². The second kappa shape index (κ2) is 8.97. The Bertz CT molecular complexity index is 1030. The van der Waals surface area contributed by atoms with Gasteiger partial charge in [0.2, 0.25) is 0 Å². The Balaban J connectivity index is 2.08. The molecule has 30 heavy (non-hydrogen) atoms. The van der Waals surface area contributed by atoms with Gasteiger partial charge in [-0.2, -0.15) is 0 Å². The summed E-state index contributed by atoms with van der Waals surface area (Å²) in [5.74, 6) is -0.174. The van der Waals surface area contributed by atoms with Crippen molar-refractivity contribution in [3.63, 3.8) is 0 Å². The molecule has 0 fully saturated rings. The highest BCUT2D eigenvalue weighted by atomic mass is 32.2. The summed E-state index contributed by atoms with van der Waals surface area (Å²) in [5.41, 5.74) is 0.599. The first-order valence-electron chi connectivity index (χ1n) is 8.76. The maximum atomic E-state index is 13.3. The molecule has 0 bridgehead atoms. The summed E-state index contributed by atoms with van der Waals surface area (Å²) in [6.45, 7) is -0.185. The van der Waals surface area contributed by atoms with Crippen molar-refractivity contribution < 1.29 is 29.1 Å². The zero-order chi connectivity index (χ0) is 21.8. The quantitative estimate of drug-likeness (QED) is 0.386. The Morgan fingerprint density at radius 3 is 2.33 bits per heavy atom. The summed E-state index contributed by atoms with van der Waals surface area (Å²) in [6, 6.07) is 10.1. The van der Waals surface area contributed by atoms with Crippen LogP contribution in [0.2, 0.25) is 0 Å². The highest BCUT2D eigenvalue weighted by molar-refractivity contribution is 8.04. The number of nitro groups is 1. The van der Waals surface area contributed by atoms with Crippen LogP contribution < -0.4 is 14.4 Å². The molecule has 1 heterocycles. The van der Waals surface area contributed by atoms with Crippen LogP contribution >= 0.6 is 11.8 Å². The highest BCUT2D eigenvalue weighted by Crippen LogP contribution is 2.42. The number of hydrogen-bond donors (Lipinski definition) is 1. The SMILES string of the molecule is COc1ccc(N2C(=O)C(SCCO)=C(c3ccc([N+](=O)[O-])cc3)C2=O)c(OC)c1. The molecule has 0 saturated heterocycles. The van der Waals surface area contributed by atoms with Crippen molar-refractivity contribution >= 4 is 40.5 Å². The van der Waals surface area contributed by atoms with Gasteiger partial charge in [-0.1, -0.05) is 0 Å². The van der Waals surface area contributed by atoms with E-state index in [9.17, 15) is 24.8 Å². The third-order valence-corrected chi connectivity index (χ3v) is 5.43. The third-order valence-electron chi connectivity index (χ3n) is 4.37. The molecule has 10 heteroatoms. The Morgan fingerprint density at radius 1 is 1.07 bits per heavy atom. The van der Waals surface area contributed by atoms with E-state index >= 15 is 0 Å². The summed E-state index contributed by atoms with van der Waals surface area (Å²) in [6.07, 6.45) is 0. The van der Waals surface area contributed by atoms with Crippen LogP contribution in [-0.2, 0) is 9.59 Å². The van der Waals surface area contributed by atoms with Gasteiger partial charge in [0, 0.05) is 24.0 Å². The molecule has 156 valence electrons. The Hall–Kier alpha value is -3.37. The summed E-state index contributed by atoms with van der Waals surface area (Å²) in [5, 5.41) is 20.1. The molecule has 2 amide bonds. The number of ether oxygens (including phenoxy) is 2. The van der Waals surface area contributed by atoms with E-state index in [0.717, 1.165) is 16.7 Å². The summed E-state index contributed by atoms with van der Waals surface area (Å²) in [4.78, 5) is 38.0. The fraction of sp³-hybridized carbons (Fsp3) is 0.200. The zero-order valence-electron chi connectivity index (χ0n) is 16.2. The number of aliphatic hydroxyl groups is 1. The smallest absolute Gasteiger partial charge is 0.272 e. The number of nitro benzene ring substituents is 1. The number of carbonyl (C=O) groups is 2. The zero-order valence-corrected chi connectivity index (χ0v) is 17.0. The number of rotatable bonds is 8. The monoisotopic (exact) mass is 430 g/mol. The predicted molar refractivity (Wildman–Crippen MR) is 112 cm³/mol. The fourth-order valence-electron chi connectivity index (χ4n) is 2.98. The first-order chi connectivity index (χ1) is 14.4. The van der Waals surface area contributed by atoms with Crippen LogP contribution in [0, 0.1) is 10.1 Å². The average molecular weight is 430 g/mol. The first-order valence-corrected chi connectivity index (χ1v) is 9.75. The molecule has 0 unspecified atom stereocenters. The normalized spacial score (nSPS) is 13.8. The lowest BCUT2D eigenvalue weighted by Crippen LogP contribution is -2.31. The molecule has 0 atom stereocenters. The number of hydrogen-bond acceptors (Lipinski definition) is 8. The molecule has 2 aromatic carbocycles. The molecule has 0 aromatic heterocycles. The molecule has 0 saturated carbocycles. The van der Waals surface area contributed by atoms with Gasteiger partial charge < -0.3 is 14.6 Å². The lowest BCUT2D eigenvalue weighted by atomic mass is 10.1. The van der Waals surface area contributed by atoms with E-state index < -0.39 is 16.7 Å². The van der Waals surface area contributed by atoms with Gasteiger partial charge in [-0.05, 0) is 29.8 Å². The second-order valence-electron chi connectivity index (χ2n) is 6.06. The van der Waals surface area contributed by atoms with Crippen molar-refractivity contribution in [1.29, 1.82) is 0 Å². The number of amides is 2. The molecular formula is C20H18N2O7S. The van der Waals surface area contributed by atoms with Gasteiger partial charge in [-0.3, -0.25) is 19.7 Å². The van der Waals surface area contributed by atoms with Crippen LogP contribution in [0.15, 0.2) is 47.4 Å². The van der Waals surface area contributed by atoms with Crippen LogP contribution in [0.5, 0.6) is 11.5 Å². The fourth-order valence-corrected chi connectivity index (χ4v) is 3.84. The molecule has 9 nitrogen and oxygen atoms in total. The molecule has 0 radical (unpaired) electrons. The van der Waals surface area contributed by atoms with E-state index in [2.05, 4.69) is 0 Å². The number of thioether (sulfide) groups is 1. The Morgan fingerprint density at radius 2 is 1.77 bits per heavy atom. The van der Waals surface area contributed by atoms with Crippen molar-refractivity contribution in [1.82, 2.24) is 0 Å². The van der Waals surface area contributed by atoms with Crippen molar-refractivity contribution in [2.24, 2.45) is 0 Å². The summed E-state index contributed by atoms with van der Waals surface area (Å²) in [7, 11) is 2.90. The van der Waals surface area contributed by atoms with Crippen molar-refractivity contribution in [2.75, 3.05) is 31.5 Å². The van der Waals surface area contributed by atoms with Gasteiger partial charge >= 0.3 is 0 Å². The predicted octanol–water partition coefficient (Wildman–Crippen LogP) is 2.62. The van der Waals surface area contributed by atoms with Gasteiger partial charge in [0.15, 0.2) is 0 Å². The largest absolute Gasteiger partial charge is 0.497 e. The number of methoxy groups -OCH3 is 2. The Kier molecular flexibility index (Phi) is 6.38. The minimum absolute atomic E-state index is 0.117. The number of imide groups is 1. The summed E-state index contributed by atoms with van der Waals surface area (Å²) >= 11 is 1.05. The number of non-ortho nitro benzene ring substituents is 1. The minimum Gasteiger partial charge on any atom is -0.497 e. The number of benzene rings is 2. The minimum atomic E-state index is -0.585. The van der Waals surface area contributed by atoms with Gasteiger partial charge in [0.25, 0.3) is 17.5 Å². The van der Waals surface area contributed by atoms with E-state index in [0.29, 0.717) is 11.3 Å². The lowest BCUT2D eigenvalue weighted by molar-refractivity contribution is -0.384. The third kappa shape index (κ3) is 3.87. The maximum Gasteiger partial charge on any atom is 0.272 e. The van der Waals surface area contributed by atoms with Gasteiger partial charge in [-0.15, -0.1) is 11.8 Å². The molecule has 1 aliphatic rings.